The number of hydrogen-bond acceptors (Lipinski definition) is 3. The Balaban J connectivity index is 1.49. The largest absolute Gasteiger partial charge is 0.370 e. The van der Waals surface area contributed by atoms with Gasteiger partial charge in [0.05, 0.1) is 6.54 Å². The number of nitrogens with two attached hydrogens (primary N) is 1. The van der Waals surface area contributed by atoms with E-state index >= 15 is 0 Å². The number of fused-ring (bicyclic) bond motifs is 1. The van der Waals surface area contributed by atoms with Crippen molar-refractivity contribution in [3.05, 3.63) is 51.7 Å². The first-order valence-electron chi connectivity index (χ1n) is 8.56. The molecule has 4 nitrogen and oxygen atoms in total. The van der Waals surface area contributed by atoms with Gasteiger partial charge in [-0.3, -0.25) is 9.89 Å². The monoisotopic (exact) mass is 342 g/mol. The van der Waals surface area contributed by atoms with Crippen LogP contribution in [-0.4, -0.2) is 30.5 Å². The van der Waals surface area contributed by atoms with Crippen molar-refractivity contribution < 1.29 is 0 Å². The molecule has 1 aliphatic heterocycles. The Morgan fingerprint density at radius 2 is 2.25 bits per heavy atom. The van der Waals surface area contributed by atoms with Crippen LogP contribution in [0.3, 0.4) is 0 Å². The Kier molecular flexibility index (Phi) is 5.53. The van der Waals surface area contributed by atoms with Gasteiger partial charge in [-0.1, -0.05) is 26.0 Å². The molecule has 0 aliphatic carbocycles. The summed E-state index contributed by atoms with van der Waals surface area (Å²) < 4.78 is 0. The minimum Gasteiger partial charge on any atom is -0.370 e. The van der Waals surface area contributed by atoms with Gasteiger partial charge in [-0.25, -0.2) is 0 Å². The van der Waals surface area contributed by atoms with Crippen LogP contribution in [0, 0.1) is 0 Å². The average Bonchev–Trinajstić information content (AvgIpc) is 3.02. The zero-order valence-corrected chi connectivity index (χ0v) is 15.3. The van der Waals surface area contributed by atoms with E-state index in [1.807, 2.05) is 17.4 Å². The van der Waals surface area contributed by atoms with Crippen molar-refractivity contribution in [1.29, 1.82) is 0 Å². The number of hydrogen-bond donors (Lipinski definition) is 2. The third kappa shape index (κ3) is 4.36. The third-order valence-corrected chi connectivity index (χ3v) is 5.43. The number of thiophene rings is 1. The van der Waals surface area contributed by atoms with Gasteiger partial charge in [-0.2, -0.15) is 0 Å². The van der Waals surface area contributed by atoms with E-state index in [1.54, 1.807) is 4.88 Å². The maximum Gasteiger partial charge on any atom is 0.193 e. The quantitative estimate of drug-likeness (QED) is 0.644. The highest BCUT2D eigenvalue weighted by atomic mass is 32.1. The SMILES string of the molecule is CC(C)c1cccc(NC(N)=NCCN2CCc3sccc3C2)c1. The molecule has 3 rings (SSSR count). The maximum atomic E-state index is 6.03. The minimum atomic E-state index is 0.490. The predicted molar refractivity (Wildman–Crippen MR) is 104 cm³/mol. The normalized spacial score (nSPS) is 15.5. The van der Waals surface area contributed by atoms with Crippen LogP contribution in [0.15, 0.2) is 40.7 Å². The number of anilines is 1. The van der Waals surface area contributed by atoms with E-state index in [0.29, 0.717) is 11.9 Å². The van der Waals surface area contributed by atoms with E-state index in [0.717, 1.165) is 38.3 Å². The summed E-state index contributed by atoms with van der Waals surface area (Å²) >= 11 is 1.88. The lowest BCUT2D eigenvalue weighted by atomic mass is 10.0. The van der Waals surface area contributed by atoms with Crippen LogP contribution >= 0.6 is 11.3 Å². The number of nitrogens with one attached hydrogen (secondary N) is 1. The highest BCUT2D eigenvalue weighted by Gasteiger charge is 2.16. The molecule has 0 fully saturated rings. The van der Waals surface area contributed by atoms with E-state index in [4.69, 9.17) is 5.73 Å². The Hall–Kier alpha value is -1.85. The van der Waals surface area contributed by atoms with Crippen LogP contribution < -0.4 is 11.1 Å². The van der Waals surface area contributed by atoms with Crippen LogP contribution in [0.25, 0.3) is 0 Å². The number of benzene rings is 1. The van der Waals surface area contributed by atoms with Gasteiger partial charge >= 0.3 is 0 Å². The number of guanidine groups is 1. The number of aliphatic imine (C=N–C) groups is 1. The van der Waals surface area contributed by atoms with Crippen molar-refractivity contribution in [2.75, 3.05) is 25.0 Å². The summed E-state index contributed by atoms with van der Waals surface area (Å²) in [6, 6.07) is 10.6. The molecule has 0 radical (unpaired) electrons. The van der Waals surface area contributed by atoms with Crippen molar-refractivity contribution in [2.45, 2.75) is 32.7 Å². The Bertz CT molecular complexity index is 705. The van der Waals surface area contributed by atoms with E-state index < -0.39 is 0 Å². The smallest absolute Gasteiger partial charge is 0.193 e. The molecule has 2 heterocycles. The Morgan fingerprint density at radius 1 is 1.38 bits per heavy atom. The second-order valence-corrected chi connectivity index (χ2v) is 7.57. The summed E-state index contributed by atoms with van der Waals surface area (Å²) in [6.45, 7) is 8.21. The Morgan fingerprint density at radius 3 is 3.08 bits per heavy atom. The molecule has 1 aromatic carbocycles. The molecule has 0 atom stereocenters. The molecule has 1 aliphatic rings. The van der Waals surface area contributed by atoms with Gasteiger partial charge in [0.25, 0.3) is 0 Å². The number of rotatable bonds is 5. The lowest BCUT2D eigenvalue weighted by molar-refractivity contribution is 0.264. The van der Waals surface area contributed by atoms with Gasteiger partial charge in [-0.05, 0) is 47.0 Å². The van der Waals surface area contributed by atoms with Gasteiger partial charge in [0.1, 0.15) is 0 Å². The first kappa shape index (κ1) is 17.0. The lowest BCUT2D eigenvalue weighted by Gasteiger charge is -2.26. The molecule has 0 saturated heterocycles. The van der Waals surface area contributed by atoms with Gasteiger partial charge in [-0.15, -0.1) is 11.3 Å². The lowest BCUT2D eigenvalue weighted by Crippen LogP contribution is -2.32. The summed E-state index contributed by atoms with van der Waals surface area (Å²) in [6.07, 6.45) is 1.16. The highest BCUT2D eigenvalue weighted by Crippen LogP contribution is 2.23. The molecule has 0 spiro atoms. The molecule has 3 N–H and O–H groups in total. The van der Waals surface area contributed by atoms with E-state index in [1.165, 1.54) is 11.1 Å². The fourth-order valence-corrected chi connectivity index (χ4v) is 3.86. The van der Waals surface area contributed by atoms with Crippen molar-refractivity contribution in [2.24, 2.45) is 10.7 Å². The molecular formula is C19H26N4S. The van der Waals surface area contributed by atoms with Crippen LogP contribution in [0.1, 0.15) is 35.8 Å². The van der Waals surface area contributed by atoms with Crippen LogP contribution in [-0.2, 0) is 13.0 Å². The Labute approximate surface area is 148 Å². The third-order valence-electron chi connectivity index (χ3n) is 4.41. The van der Waals surface area contributed by atoms with Crippen molar-refractivity contribution >= 4 is 23.0 Å². The second-order valence-electron chi connectivity index (χ2n) is 6.57. The molecular weight excluding hydrogens is 316 g/mol. The molecule has 24 heavy (non-hydrogen) atoms. The molecule has 5 heteroatoms. The molecule has 0 saturated carbocycles. The first-order chi connectivity index (χ1) is 11.6. The van der Waals surface area contributed by atoms with Crippen LogP contribution in [0.5, 0.6) is 0 Å². The fourth-order valence-electron chi connectivity index (χ4n) is 2.97. The van der Waals surface area contributed by atoms with Gasteiger partial charge in [0.15, 0.2) is 5.96 Å². The van der Waals surface area contributed by atoms with Crippen molar-refractivity contribution in [1.82, 2.24) is 4.90 Å². The molecule has 0 amide bonds. The maximum absolute atomic E-state index is 6.03. The summed E-state index contributed by atoms with van der Waals surface area (Å²) in [5, 5.41) is 5.39. The second kappa shape index (κ2) is 7.81. The van der Waals surface area contributed by atoms with Crippen molar-refractivity contribution in [3.63, 3.8) is 0 Å². The van der Waals surface area contributed by atoms with Crippen LogP contribution in [0.2, 0.25) is 0 Å². The van der Waals surface area contributed by atoms with Crippen LogP contribution in [0.4, 0.5) is 5.69 Å². The topological polar surface area (TPSA) is 53.6 Å². The summed E-state index contributed by atoms with van der Waals surface area (Å²) in [5.41, 5.74) is 9.81. The zero-order chi connectivity index (χ0) is 16.9. The molecule has 1 aromatic heterocycles. The average molecular weight is 343 g/mol. The van der Waals surface area contributed by atoms with E-state index in [-0.39, 0.29) is 0 Å². The van der Waals surface area contributed by atoms with Gasteiger partial charge in [0, 0.05) is 30.2 Å². The predicted octanol–water partition coefficient (Wildman–Crippen LogP) is 3.66. The van der Waals surface area contributed by atoms with Crippen molar-refractivity contribution in [3.8, 4) is 0 Å². The molecule has 2 aromatic rings. The molecule has 128 valence electrons. The van der Waals surface area contributed by atoms with E-state index in [9.17, 15) is 0 Å². The fraction of sp³-hybridized carbons (Fsp3) is 0.421. The molecule has 0 unspecified atom stereocenters. The summed E-state index contributed by atoms with van der Waals surface area (Å²) in [4.78, 5) is 8.47. The number of nitrogens with zero attached hydrogens (tertiary/aromatic N) is 2. The van der Waals surface area contributed by atoms with E-state index in [2.05, 4.69) is 58.7 Å². The first-order valence-corrected chi connectivity index (χ1v) is 9.44. The minimum absolute atomic E-state index is 0.490. The summed E-state index contributed by atoms with van der Waals surface area (Å²) in [5.74, 6) is 0.996. The standard InChI is InChI=1S/C19H26N4S/c1-14(2)15-4-3-5-17(12-15)22-19(20)21-8-10-23-9-6-18-16(13-23)7-11-24-18/h3-5,7,11-12,14H,6,8-10,13H2,1-2H3,(H3,20,21,22). The van der Waals surface area contributed by atoms with Gasteiger partial charge in [0.2, 0.25) is 0 Å². The molecule has 0 bridgehead atoms. The van der Waals surface area contributed by atoms with Gasteiger partial charge < -0.3 is 11.1 Å². The highest BCUT2D eigenvalue weighted by molar-refractivity contribution is 7.10. The zero-order valence-electron chi connectivity index (χ0n) is 14.5. The summed E-state index contributed by atoms with van der Waals surface area (Å²) in [7, 11) is 0.